The molecule has 0 amide bonds. The highest BCUT2D eigenvalue weighted by molar-refractivity contribution is 5.91. The van der Waals surface area contributed by atoms with E-state index in [1.54, 1.807) is 0 Å². The first kappa shape index (κ1) is 23.2. The summed E-state index contributed by atoms with van der Waals surface area (Å²) in [5.41, 5.74) is 11.9. The largest absolute Gasteiger partial charge is 0.465 e. The molecule has 6 heteroatoms. The van der Waals surface area contributed by atoms with Crippen molar-refractivity contribution < 1.29 is 14.6 Å². The van der Waals surface area contributed by atoms with Gasteiger partial charge in [-0.05, 0) is 53.7 Å². The Morgan fingerprint density at radius 2 is 1.82 bits per heavy atom. The van der Waals surface area contributed by atoms with Gasteiger partial charge in [0.2, 0.25) is 0 Å². The van der Waals surface area contributed by atoms with Crippen LogP contribution in [0.5, 0.6) is 0 Å². The minimum Gasteiger partial charge on any atom is -0.465 e. The maximum Gasteiger partial charge on any atom is 0.313 e. The summed E-state index contributed by atoms with van der Waals surface area (Å²) < 4.78 is 5.09. The van der Waals surface area contributed by atoms with Crippen molar-refractivity contribution in [3.63, 3.8) is 0 Å². The van der Waals surface area contributed by atoms with Crippen LogP contribution < -0.4 is 5.73 Å². The maximum atomic E-state index is 11.9. The molecule has 0 aliphatic carbocycles. The molecular formula is C27H33N3O3. The van der Waals surface area contributed by atoms with Crippen molar-refractivity contribution >= 4 is 23.6 Å². The summed E-state index contributed by atoms with van der Waals surface area (Å²) in [6, 6.07) is 14.2. The average molecular weight is 448 g/mol. The Labute approximate surface area is 195 Å². The Bertz CT molecular complexity index is 1050. The summed E-state index contributed by atoms with van der Waals surface area (Å²) in [4.78, 5) is 18.6. The van der Waals surface area contributed by atoms with Crippen molar-refractivity contribution in [2.75, 3.05) is 19.7 Å². The van der Waals surface area contributed by atoms with Crippen LogP contribution in [-0.4, -0.2) is 47.7 Å². The quantitative estimate of drug-likeness (QED) is 0.456. The normalized spacial score (nSPS) is 18.9. The average Bonchev–Trinajstić information content (AvgIpc) is 3.16. The summed E-state index contributed by atoms with van der Waals surface area (Å²) in [5, 5.41) is 11.0. The first-order chi connectivity index (χ1) is 16.0. The lowest BCUT2D eigenvalue weighted by Gasteiger charge is -2.28. The van der Waals surface area contributed by atoms with Crippen LogP contribution in [0.3, 0.4) is 0 Å². The smallest absolute Gasteiger partial charge is 0.313 e. The number of carbonyl (C=O) groups is 1. The van der Waals surface area contributed by atoms with Gasteiger partial charge in [0.15, 0.2) is 0 Å². The van der Waals surface area contributed by atoms with Gasteiger partial charge in [-0.2, -0.15) is 0 Å². The van der Waals surface area contributed by atoms with Gasteiger partial charge in [0.05, 0.1) is 18.2 Å². The Hall–Kier alpha value is -2.96. The number of nitrogens with zero attached hydrogens (tertiary/aromatic N) is 2. The fourth-order valence-corrected chi connectivity index (χ4v) is 4.63. The van der Waals surface area contributed by atoms with Gasteiger partial charge in [-0.15, -0.1) is 0 Å². The van der Waals surface area contributed by atoms with Crippen LogP contribution in [-0.2, 0) is 9.53 Å². The van der Waals surface area contributed by atoms with Crippen LogP contribution in [0, 0.1) is 0 Å². The topological polar surface area (TPSA) is 88.2 Å². The molecule has 2 aliphatic rings. The Kier molecular flexibility index (Phi) is 7.26. The summed E-state index contributed by atoms with van der Waals surface area (Å²) in [5.74, 6) is 0.198. The highest BCUT2D eigenvalue weighted by atomic mass is 16.5. The standard InChI is InChI=1S/C27H33N3O3/c1-3-12-30(13-4-2)26(31)22-15-21-10-9-20(16-24(21)29-25(28)17-22)18-5-7-19(8-6-18)23-11-14-33-27(23)32/h5-10,15-16,23,26,31H,3-4,11-14,17H2,1-2H3,(H2,28,29). The molecule has 6 nitrogen and oxygen atoms in total. The molecule has 1 saturated heterocycles. The zero-order chi connectivity index (χ0) is 23.4. The number of nitrogens with two attached hydrogens (primary N) is 1. The van der Waals surface area contributed by atoms with Crippen molar-refractivity contribution in [3.05, 3.63) is 59.2 Å². The molecule has 2 aliphatic heterocycles. The van der Waals surface area contributed by atoms with Crippen LogP contribution >= 0.6 is 0 Å². The first-order valence-electron chi connectivity index (χ1n) is 11.9. The van der Waals surface area contributed by atoms with Gasteiger partial charge in [-0.25, -0.2) is 4.99 Å². The van der Waals surface area contributed by atoms with E-state index in [4.69, 9.17) is 10.5 Å². The second-order valence-electron chi connectivity index (χ2n) is 8.81. The SMILES string of the molecule is CCCN(CCC)C(O)C1=Cc2ccc(-c3ccc(C4CCOC4=O)cc3)cc2N=C(N)C1. The lowest BCUT2D eigenvalue weighted by Crippen LogP contribution is -2.38. The van der Waals surface area contributed by atoms with Gasteiger partial charge in [0, 0.05) is 25.1 Å². The van der Waals surface area contributed by atoms with Gasteiger partial charge in [-0.1, -0.05) is 50.2 Å². The van der Waals surface area contributed by atoms with Gasteiger partial charge in [0.25, 0.3) is 0 Å². The second-order valence-corrected chi connectivity index (χ2v) is 8.81. The second kappa shape index (κ2) is 10.3. The number of hydrogen-bond donors (Lipinski definition) is 2. The predicted octanol–water partition coefficient (Wildman–Crippen LogP) is 4.60. The summed E-state index contributed by atoms with van der Waals surface area (Å²) in [7, 11) is 0. The van der Waals surface area contributed by atoms with Crippen LogP contribution in [0.15, 0.2) is 53.0 Å². The number of aliphatic hydroxyl groups excluding tert-OH is 1. The number of amidine groups is 1. The number of aliphatic imine (C=N–C) groups is 1. The molecule has 2 atom stereocenters. The van der Waals surface area contributed by atoms with E-state index in [0.29, 0.717) is 18.9 Å². The molecule has 2 aromatic carbocycles. The molecule has 174 valence electrons. The number of carbonyl (C=O) groups excluding carboxylic acids is 1. The maximum absolute atomic E-state index is 11.9. The molecule has 0 saturated carbocycles. The van der Waals surface area contributed by atoms with E-state index in [1.807, 2.05) is 42.5 Å². The number of cyclic esters (lactones) is 1. The van der Waals surface area contributed by atoms with Crippen LogP contribution in [0.4, 0.5) is 5.69 Å². The summed E-state index contributed by atoms with van der Waals surface area (Å²) in [6.07, 6.45) is 4.50. The first-order valence-corrected chi connectivity index (χ1v) is 11.9. The number of fused-ring (bicyclic) bond motifs is 1. The molecule has 2 heterocycles. The molecule has 0 aromatic heterocycles. The van der Waals surface area contributed by atoms with E-state index < -0.39 is 6.23 Å². The lowest BCUT2D eigenvalue weighted by atomic mass is 9.94. The number of hydrogen-bond acceptors (Lipinski definition) is 6. The number of benzene rings is 2. The molecule has 33 heavy (non-hydrogen) atoms. The summed E-state index contributed by atoms with van der Waals surface area (Å²) >= 11 is 0. The number of esters is 1. The van der Waals surface area contributed by atoms with Crippen molar-refractivity contribution in [2.24, 2.45) is 10.7 Å². The Balaban J connectivity index is 1.60. The molecule has 2 unspecified atom stereocenters. The van der Waals surface area contributed by atoms with E-state index in [1.165, 1.54) is 0 Å². The van der Waals surface area contributed by atoms with Crippen molar-refractivity contribution in [1.29, 1.82) is 0 Å². The molecular weight excluding hydrogens is 414 g/mol. The number of ether oxygens (including phenoxy) is 1. The fourth-order valence-electron chi connectivity index (χ4n) is 4.63. The predicted molar refractivity (Wildman–Crippen MR) is 132 cm³/mol. The van der Waals surface area contributed by atoms with Crippen LogP contribution in [0.2, 0.25) is 0 Å². The van der Waals surface area contributed by atoms with Gasteiger partial charge in [-0.3, -0.25) is 9.69 Å². The Morgan fingerprint density at radius 3 is 2.45 bits per heavy atom. The van der Waals surface area contributed by atoms with Crippen molar-refractivity contribution in [1.82, 2.24) is 4.90 Å². The summed E-state index contributed by atoms with van der Waals surface area (Å²) in [6.45, 7) is 6.41. The number of rotatable bonds is 8. The highest BCUT2D eigenvalue weighted by Gasteiger charge is 2.28. The molecule has 2 aromatic rings. The van der Waals surface area contributed by atoms with E-state index in [-0.39, 0.29) is 11.9 Å². The monoisotopic (exact) mass is 447 g/mol. The van der Waals surface area contributed by atoms with Crippen LogP contribution in [0.25, 0.3) is 17.2 Å². The van der Waals surface area contributed by atoms with Gasteiger partial charge in [0.1, 0.15) is 12.1 Å². The zero-order valence-corrected chi connectivity index (χ0v) is 19.5. The highest BCUT2D eigenvalue weighted by Crippen LogP contribution is 2.34. The molecule has 1 fully saturated rings. The van der Waals surface area contributed by atoms with Crippen molar-refractivity contribution in [3.8, 4) is 11.1 Å². The van der Waals surface area contributed by atoms with Gasteiger partial charge < -0.3 is 15.6 Å². The van der Waals surface area contributed by atoms with E-state index in [2.05, 4.69) is 29.8 Å². The molecule has 4 rings (SSSR count). The minimum absolute atomic E-state index is 0.140. The third-order valence-corrected chi connectivity index (χ3v) is 6.30. The van der Waals surface area contributed by atoms with Gasteiger partial charge >= 0.3 is 5.97 Å². The van der Waals surface area contributed by atoms with E-state index >= 15 is 0 Å². The zero-order valence-electron chi connectivity index (χ0n) is 19.5. The number of aliphatic hydroxyl groups is 1. The third kappa shape index (κ3) is 5.18. The molecule has 0 spiro atoms. The third-order valence-electron chi connectivity index (χ3n) is 6.30. The van der Waals surface area contributed by atoms with E-state index in [9.17, 15) is 9.90 Å². The van der Waals surface area contributed by atoms with Crippen LogP contribution in [0.1, 0.15) is 56.6 Å². The molecule has 0 bridgehead atoms. The van der Waals surface area contributed by atoms with Crippen molar-refractivity contribution in [2.45, 2.75) is 51.7 Å². The fraction of sp³-hybridized carbons (Fsp3) is 0.407. The minimum atomic E-state index is -0.668. The Morgan fingerprint density at radius 1 is 1.12 bits per heavy atom. The molecule has 0 radical (unpaired) electrons. The lowest BCUT2D eigenvalue weighted by molar-refractivity contribution is -0.139. The molecule has 3 N–H and O–H groups in total. The van der Waals surface area contributed by atoms with E-state index in [0.717, 1.165) is 65.9 Å².